The maximum Gasteiger partial charge on any atom is 0.241 e. The molecule has 0 saturated carbocycles. The molecule has 0 amide bonds. The summed E-state index contributed by atoms with van der Waals surface area (Å²) in [6.45, 7) is 6.98. The first kappa shape index (κ1) is 16.9. The fourth-order valence-electron chi connectivity index (χ4n) is 2.53. The van der Waals surface area contributed by atoms with Gasteiger partial charge in [0.1, 0.15) is 6.07 Å². The zero-order valence-corrected chi connectivity index (χ0v) is 13.6. The average Bonchev–Trinajstić information content (AvgIpc) is 2.52. The summed E-state index contributed by atoms with van der Waals surface area (Å²) in [5.41, 5.74) is 0.892. The van der Waals surface area contributed by atoms with Crippen molar-refractivity contribution in [3.8, 4) is 6.07 Å². The number of nitrogens with zero attached hydrogens (tertiary/aromatic N) is 2. The summed E-state index contributed by atoms with van der Waals surface area (Å²) in [4.78, 5) is 2.38. The van der Waals surface area contributed by atoms with Crippen LogP contribution in [0, 0.1) is 18.3 Å². The van der Waals surface area contributed by atoms with Gasteiger partial charge in [-0.3, -0.25) is 0 Å². The lowest BCUT2D eigenvalue weighted by molar-refractivity contribution is 0.239. The SMILES string of the molecule is Cc1cccc(S(=O)(=O)NCCCN2CCNCC2)c1C#N. The maximum atomic E-state index is 12.3. The van der Waals surface area contributed by atoms with Crippen molar-refractivity contribution < 1.29 is 8.42 Å². The zero-order valence-electron chi connectivity index (χ0n) is 12.8. The number of hydrogen-bond acceptors (Lipinski definition) is 5. The third-order valence-corrected chi connectivity index (χ3v) is 5.29. The van der Waals surface area contributed by atoms with E-state index in [0.29, 0.717) is 12.1 Å². The van der Waals surface area contributed by atoms with Gasteiger partial charge in [0, 0.05) is 32.7 Å². The Hall–Kier alpha value is -1.46. The normalized spacial score (nSPS) is 16.4. The molecule has 22 heavy (non-hydrogen) atoms. The first-order chi connectivity index (χ1) is 10.5. The smallest absolute Gasteiger partial charge is 0.241 e. The van der Waals surface area contributed by atoms with Gasteiger partial charge in [0.2, 0.25) is 10.0 Å². The predicted molar refractivity (Wildman–Crippen MR) is 85.0 cm³/mol. The number of piperazine rings is 1. The average molecular weight is 322 g/mol. The molecule has 1 aliphatic rings. The van der Waals surface area contributed by atoms with Gasteiger partial charge in [0.05, 0.1) is 10.5 Å². The van der Waals surface area contributed by atoms with Crippen molar-refractivity contribution in [3.05, 3.63) is 29.3 Å². The Morgan fingerprint density at radius 1 is 1.36 bits per heavy atom. The first-order valence-corrected chi connectivity index (χ1v) is 8.95. The second kappa shape index (κ2) is 7.70. The largest absolute Gasteiger partial charge is 0.314 e. The van der Waals surface area contributed by atoms with Crippen molar-refractivity contribution in [3.63, 3.8) is 0 Å². The summed E-state index contributed by atoms with van der Waals surface area (Å²) in [7, 11) is -3.63. The van der Waals surface area contributed by atoms with E-state index >= 15 is 0 Å². The predicted octanol–water partition coefficient (Wildman–Crippen LogP) is 0.440. The van der Waals surface area contributed by atoms with E-state index < -0.39 is 10.0 Å². The molecule has 2 rings (SSSR count). The Morgan fingerprint density at radius 2 is 2.09 bits per heavy atom. The van der Waals surface area contributed by atoms with E-state index in [0.717, 1.165) is 39.1 Å². The lowest BCUT2D eigenvalue weighted by Gasteiger charge is -2.27. The standard InChI is InChI=1S/C15H22N4O2S/c1-13-4-2-5-15(14(13)12-16)22(20,21)18-6-3-9-19-10-7-17-8-11-19/h2,4-5,17-18H,3,6-11H2,1H3. The van der Waals surface area contributed by atoms with Gasteiger partial charge in [-0.05, 0) is 31.5 Å². The molecule has 0 aliphatic carbocycles. The van der Waals surface area contributed by atoms with E-state index in [4.69, 9.17) is 5.26 Å². The van der Waals surface area contributed by atoms with Gasteiger partial charge >= 0.3 is 0 Å². The summed E-state index contributed by atoms with van der Waals surface area (Å²) in [5, 5.41) is 12.4. The van der Waals surface area contributed by atoms with Crippen LogP contribution in [0.1, 0.15) is 17.5 Å². The molecule has 0 radical (unpaired) electrons. The van der Waals surface area contributed by atoms with Crippen LogP contribution in [0.5, 0.6) is 0 Å². The molecule has 0 unspecified atom stereocenters. The number of sulfonamides is 1. The Labute approximate surface area is 132 Å². The minimum absolute atomic E-state index is 0.0668. The number of benzene rings is 1. The number of rotatable bonds is 6. The second-order valence-corrected chi connectivity index (χ2v) is 7.14. The summed E-state index contributed by atoms with van der Waals surface area (Å²) in [5.74, 6) is 0. The van der Waals surface area contributed by atoms with Gasteiger partial charge < -0.3 is 10.2 Å². The molecule has 1 aromatic rings. The number of hydrogen-bond donors (Lipinski definition) is 2. The Morgan fingerprint density at radius 3 is 2.77 bits per heavy atom. The van der Waals surface area contributed by atoms with Gasteiger partial charge in [-0.25, -0.2) is 13.1 Å². The number of nitrogens with one attached hydrogen (secondary N) is 2. The molecule has 0 atom stereocenters. The maximum absolute atomic E-state index is 12.3. The van der Waals surface area contributed by atoms with E-state index in [1.807, 2.05) is 6.07 Å². The summed E-state index contributed by atoms with van der Waals surface area (Å²) in [6, 6.07) is 6.85. The van der Waals surface area contributed by atoms with Gasteiger partial charge in [-0.2, -0.15) is 5.26 Å². The fraction of sp³-hybridized carbons (Fsp3) is 0.533. The highest BCUT2D eigenvalue weighted by Crippen LogP contribution is 2.18. The molecule has 0 bridgehead atoms. The lowest BCUT2D eigenvalue weighted by atomic mass is 10.1. The van der Waals surface area contributed by atoms with Crippen molar-refractivity contribution in [1.82, 2.24) is 14.9 Å². The highest BCUT2D eigenvalue weighted by Gasteiger charge is 2.19. The molecule has 1 heterocycles. The van der Waals surface area contributed by atoms with Crippen molar-refractivity contribution >= 4 is 10.0 Å². The third kappa shape index (κ3) is 4.27. The minimum Gasteiger partial charge on any atom is -0.314 e. The highest BCUT2D eigenvalue weighted by molar-refractivity contribution is 7.89. The van der Waals surface area contributed by atoms with Crippen molar-refractivity contribution in [2.75, 3.05) is 39.3 Å². The molecule has 6 nitrogen and oxygen atoms in total. The molecule has 1 aromatic carbocycles. The molecule has 1 aliphatic heterocycles. The van der Waals surface area contributed by atoms with Crippen LogP contribution in [-0.2, 0) is 10.0 Å². The Balaban J connectivity index is 1.91. The van der Waals surface area contributed by atoms with Crippen LogP contribution in [0.25, 0.3) is 0 Å². The van der Waals surface area contributed by atoms with Crippen molar-refractivity contribution in [1.29, 1.82) is 5.26 Å². The molecule has 1 fully saturated rings. The fourth-order valence-corrected chi connectivity index (χ4v) is 3.83. The van der Waals surface area contributed by atoms with Crippen LogP contribution in [0.2, 0.25) is 0 Å². The summed E-state index contributed by atoms with van der Waals surface area (Å²) >= 11 is 0. The van der Waals surface area contributed by atoms with Crippen LogP contribution in [-0.4, -0.2) is 52.6 Å². The second-order valence-electron chi connectivity index (χ2n) is 5.40. The summed E-state index contributed by atoms with van der Waals surface area (Å²) in [6.07, 6.45) is 0.757. The van der Waals surface area contributed by atoms with Crippen LogP contribution in [0.3, 0.4) is 0 Å². The molecular weight excluding hydrogens is 300 g/mol. The van der Waals surface area contributed by atoms with E-state index in [9.17, 15) is 8.42 Å². The first-order valence-electron chi connectivity index (χ1n) is 7.47. The van der Waals surface area contributed by atoms with E-state index in [2.05, 4.69) is 14.9 Å². The van der Waals surface area contributed by atoms with E-state index in [-0.39, 0.29) is 10.5 Å². The monoisotopic (exact) mass is 322 g/mol. The third-order valence-electron chi connectivity index (χ3n) is 3.79. The van der Waals surface area contributed by atoms with Crippen LogP contribution >= 0.6 is 0 Å². The highest BCUT2D eigenvalue weighted by atomic mass is 32.2. The molecule has 0 spiro atoms. The van der Waals surface area contributed by atoms with Gasteiger partial charge in [0.15, 0.2) is 0 Å². The molecule has 120 valence electrons. The molecular formula is C15H22N4O2S. The number of nitriles is 1. The van der Waals surface area contributed by atoms with Gasteiger partial charge in [0.25, 0.3) is 0 Å². The molecule has 7 heteroatoms. The van der Waals surface area contributed by atoms with E-state index in [1.165, 1.54) is 6.07 Å². The van der Waals surface area contributed by atoms with Gasteiger partial charge in [-0.15, -0.1) is 0 Å². The van der Waals surface area contributed by atoms with Crippen molar-refractivity contribution in [2.45, 2.75) is 18.2 Å². The topological polar surface area (TPSA) is 85.2 Å². The Kier molecular flexibility index (Phi) is 5.91. The Bertz CT molecular complexity index is 646. The minimum atomic E-state index is -3.63. The van der Waals surface area contributed by atoms with Crippen LogP contribution in [0.4, 0.5) is 0 Å². The van der Waals surface area contributed by atoms with Gasteiger partial charge in [-0.1, -0.05) is 12.1 Å². The van der Waals surface area contributed by atoms with Crippen LogP contribution < -0.4 is 10.0 Å². The van der Waals surface area contributed by atoms with Crippen LogP contribution in [0.15, 0.2) is 23.1 Å². The summed E-state index contributed by atoms with van der Waals surface area (Å²) < 4.78 is 27.3. The zero-order chi connectivity index (χ0) is 16.0. The number of aryl methyl sites for hydroxylation is 1. The molecule has 1 saturated heterocycles. The van der Waals surface area contributed by atoms with Crippen molar-refractivity contribution in [2.24, 2.45) is 0 Å². The molecule has 2 N–H and O–H groups in total. The van der Waals surface area contributed by atoms with E-state index in [1.54, 1.807) is 19.1 Å². The lowest BCUT2D eigenvalue weighted by Crippen LogP contribution is -2.44. The quantitative estimate of drug-likeness (QED) is 0.742. The molecule has 0 aromatic heterocycles.